The lowest BCUT2D eigenvalue weighted by molar-refractivity contribution is 0.496. The van der Waals surface area contributed by atoms with Crippen LogP contribution in [-0.4, -0.2) is 10.1 Å². The van der Waals surface area contributed by atoms with Gasteiger partial charge in [-0.05, 0) is 31.9 Å². The van der Waals surface area contributed by atoms with Crippen LogP contribution in [0.3, 0.4) is 0 Å². The van der Waals surface area contributed by atoms with Crippen LogP contribution >= 0.6 is 0 Å². The number of rotatable bonds is 4. The molecule has 1 heterocycles. The average molecular weight is 277 g/mol. The van der Waals surface area contributed by atoms with E-state index in [0.717, 1.165) is 13.0 Å². The van der Waals surface area contributed by atoms with Crippen LogP contribution in [0.5, 0.6) is 0 Å². The molecule has 2 N–H and O–H groups in total. The zero-order chi connectivity index (χ0) is 14.9. The first kappa shape index (κ1) is 13.7. The summed E-state index contributed by atoms with van der Waals surface area (Å²) in [5, 5.41) is 11.6. The number of fused-ring (bicyclic) bond motifs is 3. The van der Waals surface area contributed by atoms with Gasteiger partial charge in [-0.1, -0.05) is 36.4 Å². The number of hydrogen-bond acceptors (Lipinski definition) is 2. The molecular formula is C18H19N3. The summed E-state index contributed by atoms with van der Waals surface area (Å²) < 4.78 is 2.33. The molecule has 0 spiro atoms. The number of aryl methyl sites for hydroxylation is 1. The van der Waals surface area contributed by atoms with Crippen LogP contribution < -0.4 is 5.73 Å². The molecule has 106 valence electrons. The average Bonchev–Trinajstić information content (AvgIpc) is 2.82. The second kappa shape index (κ2) is 5.23. The lowest BCUT2D eigenvalue weighted by Crippen LogP contribution is -2.34. The molecule has 0 radical (unpaired) electrons. The normalized spacial score (nSPS) is 14.1. The Morgan fingerprint density at radius 3 is 2.10 bits per heavy atom. The summed E-state index contributed by atoms with van der Waals surface area (Å²) in [6.07, 6.45) is 1.59. The Morgan fingerprint density at radius 2 is 1.57 bits per heavy atom. The molecule has 0 saturated carbocycles. The van der Waals surface area contributed by atoms with Crippen molar-refractivity contribution in [3.8, 4) is 6.07 Å². The quantitative estimate of drug-likeness (QED) is 0.788. The van der Waals surface area contributed by atoms with Gasteiger partial charge in [-0.3, -0.25) is 0 Å². The Balaban J connectivity index is 1.99. The molecule has 1 unspecified atom stereocenters. The van der Waals surface area contributed by atoms with Crippen molar-refractivity contribution in [1.29, 1.82) is 5.26 Å². The van der Waals surface area contributed by atoms with Gasteiger partial charge in [0.05, 0.1) is 6.07 Å². The van der Waals surface area contributed by atoms with Gasteiger partial charge < -0.3 is 10.3 Å². The topological polar surface area (TPSA) is 54.7 Å². The summed E-state index contributed by atoms with van der Waals surface area (Å²) in [4.78, 5) is 0. The number of hydrogen-bond donors (Lipinski definition) is 1. The summed E-state index contributed by atoms with van der Waals surface area (Å²) in [6.45, 7) is 2.67. The van der Waals surface area contributed by atoms with Gasteiger partial charge in [0.2, 0.25) is 0 Å². The predicted octanol–water partition coefficient (Wildman–Crippen LogP) is 3.82. The third-order valence-electron chi connectivity index (χ3n) is 4.01. The highest BCUT2D eigenvalue weighted by Crippen LogP contribution is 2.29. The van der Waals surface area contributed by atoms with E-state index in [4.69, 9.17) is 11.0 Å². The van der Waals surface area contributed by atoms with E-state index in [1.807, 2.05) is 0 Å². The summed E-state index contributed by atoms with van der Waals surface area (Å²) in [7, 11) is 0. The summed E-state index contributed by atoms with van der Waals surface area (Å²) in [5.74, 6) is 0. The molecular weight excluding hydrogens is 258 g/mol. The van der Waals surface area contributed by atoms with Crippen LogP contribution in [0.25, 0.3) is 21.8 Å². The Morgan fingerprint density at radius 1 is 1.05 bits per heavy atom. The van der Waals surface area contributed by atoms with E-state index in [1.54, 1.807) is 6.92 Å². The number of nitrogens with zero attached hydrogens (tertiary/aromatic N) is 2. The minimum Gasteiger partial charge on any atom is -0.340 e. The Kier molecular flexibility index (Phi) is 3.40. The molecule has 1 aromatic heterocycles. The van der Waals surface area contributed by atoms with Crippen molar-refractivity contribution in [1.82, 2.24) is 4.57 Å². The second-order valence-electron chi connectivity index (χ2n) is 5.82. The molecule has 0 aliphatic carbocycles. The predicted molar refractivity (Wildman–Crippen MR) is 86.9 cm³/mol. The highest BCUT2D eigenvalue weighted by atomic mass is 15.0. The molecule has 0 aliphatic heterocycles. The van der Waals surface area contributed by atoms with E-state index >= 15 is 0 Å². The molecule has 0 aliphatic rings. The van der Waals surface area contributed by atoms with E-state index in [2.05, 4.69) is 59.2 Å². The Bertz CT molecular complexity index is 768. The van der Waals surface area contributed by atoms with Crippen LogP contribution in [0.2, 0.25) is 0 Å². The van der Waals surface area contributed by atoms with Crippen LogP contribution in [0, 0.1) is 11.3 Å². The maximum Gasteiger partial charge on any atom is 0.101 e. The van der Waals surface area contributed by atoms with Crippen molar-refractivity contribution in [2.75, 3.05) is 0 Å². The molecule has 0 amide bonds. The van der Waals surface area contributed by atoms with Crippen LogP contribution in [0.1, 0.15) is 19.8 Å². The van der Waals surface area contributed by atoms with E-state index in [1.165, 1.54) is 21.8 Å². The fraction of sp³-hybridized carbons (Fsp3) is 0.278. The molecule has 3 rings (SSSR count). The fourth-order valence-corrected chi connectivity index (χ4v) is 2.90. The van der Waals surface area contributed by atoms with Gasteiger partial charge in [0.1, 0.15) is 5.54 Å². The third-order valence-corrected chi connectivity index (χ3v) is 4.01. The molecule has 0 fully saturated rings. The number of para-hydroxylation sites is 2. The summed E-state index contributed by atoms with van der Waals surface area (Å²) >= 11 is 0. The van der Waals surface area contributed by atoms with Gasteiger partial charge in [-0.2, -0.15) is 5.26 Å². The van der Waals surface area contributed by atoms with Gasteiger partial charge in [0.15, 0.2) is 0 Å². The monoisotopic (exact) mass is 277 g/mol. The number of aromatic nitrogens is 1. The number of nitriles is 1. The maximum absolute atomic E-state index is 9.01. The number of benzene rings is 2. The highest BCUT2D eigenvalue weighted by molar-refractivity contribution is 6.07. The highest BCUT2D eigenvalue weighted by Gasteiger charge is 2.17. The summed E-state index contributed by atoms with van der Waals surface area (Å²) in [6, 6.07) is 19.1. The SMILES string of the molecule is CC(N)(C#N)CCCn1c2ccccc2c2ccccc21. The van der Waals surface area contributed by atoms with Gasteiger partial charge in [0.25, 0.3) is 0 Å². The first-order valence-electron chi connectivity index (χ1n) is 7.28. The van der Waals surface area contributed by atoms with Crippen molar-refractivity contribution in [3.05, 3.63) is 48.5 Å². The van der Waals surface area contributed by atoms with Crippen molar-refractivity contribution in [2.45, 2.75) is 31.8 Å². The van der Waals surface area contributed by atoms with Crippen molar-refractivity contribution in [3.63, 3.8) is 0 Å². The van der Waals surface area contributed by atoms with Crippen molar-refractivity contribution < 1.29 is 0 Å². The van der Waals surface area contributed by atoms with Gasteiger partial charge in [-0.25, -0.2) is 0 Å². The van der Waals surface area contributed by atoms with E-state index in [-0.39, 0.29) is 0 Å². The van der Waals surface area contributed by atoms with Gasteiger partial charge in [-0.15, -0.1) is 0 Å². The minimum atomic E-state index is -0.737. The van der Waals surface area contributed by atoms with E-state index < -0.39 is 5.54 Å². The molecule has 3 nitrogen and oxygen atoms in total. The first-order chi connectivity index (χ1) is 10.1. The minimum absolute atomic E-state index is 0.699. The van der Waals surface area contributed by atoms with Crippen molar-refractivity contribution in [2.24, 2.45) is 5.73 Å². The van der Waals surface area contributed by atoms with E-state index in [0.29, 0.717) is 6.42 Å². The summed E-state index contributed by atoms with van der Waals surface area (Å²) in [5.41, 5.74) is 7.66. The Labute approximate surface area is 124 Å². The zero-order valence-corrected chi connectivity index (χ0v) is 12.2. The smallest absolute Gasteiger partial charge is 0.101 e. The first-order valence-corrected chi connectivity index (χ1v) is 7.28. The van der Waals surface area contributed by atoms with Crippen LogP contribution in [-0.2, 0) is 6.54 Å². The zero-order valence-electron chi connectivity index (χ0n) is 12.2. The van der Waals surface area contributed by atoms with Gasteiger partial charge in [0, 0.05) is 28.4 Å². The Hall–Kier alpha value is -2.31. The van der Waals surface area contributed by atoms with Gasteiger partial charge >= 0.3 is 0 Å². The third kappa shape index (κ3) is 2.51. The van der Waals surface area contributed by atoms with Crippen LogP contribution in [0.15, 0.2) is 48.5 Å². The van der Waals surface area contributed by atoms with E-state index in [9.17, 15) is 0 Å². The lowest BCUT2D eigenvalue weighted by Gasteiger charge is -2.15. The van der Waals surface area contributed by atoms with Crippen LogP contribution in [0.4, 0.5) is 0 Å². The maximum atomic E-state index is 9.01. The molecule has 2 aromatic carbocycles. The fourth-order valence-electron chi connectivity index (χ4n) is 2.90. The largest absolute Gasteiger partial charge is 0.340 e. The standard InChI is InChI=1S/C18H19N3/c1-18(20,13-19)11-6-12-21-16-9-4-2-7-14(16)15-8-3-5-10-17(15)21/h2-5,7-10H,6,11-12,20H2,1H3. The second-order valence-corrected chi connectivity index (χ2v) is 5.82. The molecule has 0 saturated heterocycles. The molecule has 3 heteroatoms. The molecule has 1 atom stereocenters. The lowest BCUT2D eigenvalue weighted by atomic mass is 9.99. The molecule has 3 aromatic rings. The molecule has 21 heavy (non-hydrogen) atoms. The molecule has 0 bridgehead atoms. The van der Waals surface area contributed by atoms with Crippen molar-refractivity contribution >= 4 is 21.8 Å². The number of nitrogens with two attached hydrogens (primary N) is 1.